The summed E-state index contributed by atoms with van der Waals surface area (Å²) in [4.78, 5) is 4.41. The van der Waals surface area contributed by atoms with Gasteiger partial charge in [-0.3, -0.25) is 4.99 Å². The van der Waals surface area contributed by atoms with Crippen LogP contribution in [0, 0.1) is 11.7 Å². The summed E-state index contributed by atoms with van der Waals surface area (Å²) >= 11 is 10.9. The Morgan fingerprint density at radius 2 is 2.35 bits per heavy atom. The van der Waals surface area contributed by atoms with Gasteiger partial charge < -0.3 is 5.32 Å². The smallest absolute Gasteiger partial charge is 0.161 e. The molecule has 1 aliphatic heterocycles. The van der Waals surface area contributed by atoms with Crippen molar-refractivity contribution in [1.29, 1.82) is 0 Å². The number of nitrogens with one attached hydrogen (secondary N) is 1. The Labute approximate surface area is 117 Å². The van der Waals surface area contributed by atoms with Crippen molar-refractivity contribution < 1.29 is 4.39 Å². The summed E-state index contributed by atoms with van der Waals surface area (Å²) in [6.07, 6.45) is 0. The number of thioether (sulfide) groups is 1. The lowest BCUT2D eigenvalue weighted by atomic mass is 10.2. The van der Waals surface area contributed by atoms with Crippen LogP contribution in [0.25, 0.3) is 0 Å². The molecule has 0 saturated carbocycles. The number of halogens is 3. The third-order valence-electron chi connectivity index (χ3n) is 2.29. The summed E-state index contributed by atoms with van der Waals surface area (Å²) < 4.78 is 13.7. The number of aliphatic imine (C=N–C) groups is 1. The number of nitrogens with zero attached hydrogens (tertiary/aromatic N) is 1. The second kappa shape index (κ2) is 5.59. The zero-order valence-corrected chi connectivity index (χ0v) is 12.3. The lowest BCUT2D eigenvalue weighted by Crippen LogP contribution is -2.19. The number of hydrogen-bond donors (Lipinski definition) is 1. The molecule has 2 nitrogen and oxygen atoms in total. The van der Waals surface area contributed by atoms with Crippen LogP contribution in [-0.2, 0) is 0 Å². The predicted molar refractivity (Wildman–Crippen MR) is 76.7 cm³/mol. The van der Waals surface area contributed by atoms with Gasteiger partial charge in [0.2, 0.25) is 0 Å². The van der Waals surface area contributed by atoms with Gasteiger partial charge in [0.05, 0.1) is 10.7 Å². The van der Waals surface area contributed by atoms with Gasteiger partial charge >= 0.3 is 0 Å². The summed E-state index contributed by atoms with van der Waals surface area (Å²) in [5.74, 6) is 1.26. The van der Waals surface area contributed by atoms with Crippen LogP contribution in [0.5, 0.6) is 0 Å². The lowest BCUT2D eigenvalue weighted by Gasteiger charge is -2.19. The zero-order chi connectivity index (χ0) is 12.4. The average Bonchev–Trinajstić information content (AvgIpc) is 2.26. The van der Waals surface area contributed by atoms with E-state index in [1.54, 1.807) is 11.8 Å². The number of hydrogen-bond acceptors (Lipinski definition) is 3. The number of rotatable bonds is 1. The molecule has 0 bridgehead atoms. The van der Waals surface area contributed by atoms with E-state index in [0.717, 1.165) is 17.5 Å². The molecule has 0 aliphatic carbocycles. The maximum Gasteiger partial charge on any atom is 0.161 e. The summed E-state index contributed by atoms with van der Waals surface area (Å²) in [6, 6.07) is 2.66. The van der Waals surface area contributed by atoms with E-state index in [0.29, 0.717) is 21.1 Å². The van der Waals surface area contributed by atoms with E-state index in [4.69, 9.17) is 11.6 Å². The van der Waals surface area contributed by atoms with E-state index in [1.165, 1.54) is 12.1 Å². The summed E-state index contributed by atoms with van der Waals surface area (Å²) in [5.41, 5.74) is 0.661. The Morgan fingerprint density at radius 3 is 2.94 bits per heavy atom. The van der Waals surface area contributed by atoms with Crippen LogP contribution in [0.15, 0.2) is 21.6 Å². The summed E-state index contributed by atoms with van der Waals surface area (Å²) in [5, 5.41) is 4.31. The lowest BCUT2D eigenvalue weighted by molar-refractivity contribution is 0.627. The Kier molecular flexibility index (Phi) is 4.33. The molecule has 0 spiro atoms. The largest absolute Gasteiger partial charge is 0.333 e. The monoisotopic (exact) mass is 336 g/mol. The second-order valence-corrected chi connectivity index (χ2v) is 6.20. The van der Waals surface area contributed by atoms with Gasteiger partial charge in [-0.25, -0.2) is 4.39 Å². The minimum absolute atomic E-state index is 0.346. The molecule has 1 aromatic rings. The molecule has 1 aliphatic rings. The minimum atomic E-state index is -0.362. The number of benzene rings is 1. The Bertz CT molecular complexity index is 444. The van der Waals surface area contributed by atoms with E-state index in [-0.39, 0.29) is 5.82 Å². The molecule has 0 amide bonds. The van der Waals surface area contributed by atoms with E-state index in [1.807, 2.05) is 0 Å². The van der Waals surface area contributed by atoms with Gasteiger partial charge in [-0.15, -0.1) is 0 Å². The maximum absolute atomic E-state index is 13.1. The molecule has 92 valence electrons. The Balaban J connectivity index is 2.19. The van der Waals surface area contributed by atoms with Gasteiger partial charge in [0, 0.05) is 16.8 Å². The predicted octanol–water partition coefficient (Wildman–Crippen LogP) is 4.39. The van der Waals surface area contributed by atoms with Crippen molar-refractivity contribution in [2.45, 2.75) is 6.92 Å². The molecule has 2 rings (SSSR count). The zero-order valence-electron chi connectivity index (χ0n) is 9.14. The Hall–Kier alpha value is -0.260. The number of amidine groups is 1. The van der Waals surface area contributed by atoms with Crippen LogP contribution in [0.3, 0.4) is 0 Å². The topological polar surface area (TPSA) is 24.4 Å². The normalized spacial score (nSPS) is 20.0. The highest BCUT2D eigenvalue weighted by atomic mass is 79.9. The van der Waals surface area contributed by atoms with Crippen molar-refractivity contribution in [2.75, 3.05) is 17.6 Å². The molecule has 0 saturated heterocycles. The summed E-state index contributed by atoms with van der Waals surface area (Å²) in [7, 11) is 0. The van der Waals surface area contributed by atoms with Gasteiger partial charge in [-0.1, -0.05) is 30.3 Å². The van der Waals surface area contributed by atoms with Gasteiger partial charge in [-0.2, -0.15) is 0 Å². The molecule has 0 aromatic heterocycles. The van der Waals surface area contributed by atoms with E-state index in [2.05, 4.69) is 33.2 Å². The maximum atomic E-state index is 13.1. The first-order valence-corrected chi connectivity index (χ1v) is 7.30. The van der Waals surface area contributed by atoms with Crippen molar-refractivity contribution in [2.24, 2.45) is 10.9 Å². The molecule has 17 heavy (non-hydrogen) atoms. The molecule has 0 fully saturated rings. The molecule has 6 heteroatoms. The van der Waals surface area contributed by atoms with Crippen LogP contribution in [0.2, 0.25) is 5.02 Å². The molecule has 0 radical (unpaired) electrons. The van der Waals surface area contributed by atoms with Crippen molar-refractivity contribution in [1.82, 2.24) is 0 Å². The standard InChI is InChI=1S/C11H11BrClFN2S/c1-6-4-15-11(17-5-6)16-10-8(12)2-7(14)3-9(10)13/h2-3,6H,4-5H2,1H3,(H,15,16). The van der Waals surface area contributed by atoms with E-state index in [9.17, 15) is 4.39 Å². The van der Waals surface area contributed by atoms with Crippen molar-refractivity contribution in [3.63, 3.8) is 0 Å². The molecular formula is C11H11BrClFN2S. The first kappa shape index (κ1) is 13.2. The molecule has 1 heterocycles. The fourth-order valence-electron chi connectivity index (χ4n) is 1.40. The highest BCUT2D eigenvalue weighted by Crippen LogP contribution is 2.33. The first-order chi connectivity index (χ1) is 8.06. The second-order valence-electron chi connectivity index (χ2n) is 3.93. The molecule has 1 aromatic carbocycles. The molecule has 1 unspecified atom stereocenters. The SMILES string of the molecule is CC1CN=C(Nc2c(Cl)cc(F)cc2Br)SC1. The number of anilines is 1. The third-order valence-corrected chi connectivity index (χ3v) is 4.45. The van der Waals surface area contributed by atoms with Crippen molar-refractivity contribution in [3.8, 4) is 0 Å². The third kappa shape index (κ3) is 3.36. The minimum Gasteiger partial charge on any atom is -0.333 e. The average molecular weight is 338 g/mol. The summed E-state index contributed by atoms with van der Waals surface area (Å²) in [6.45, 7) is 2.97. The molecule has 1 atom stereocenters. The van der Waals surface area contributed by atoms with Gasteiger partial charge in [-0.05, 0) is 34.0 Å². The first-order valence-electron chi connectivity index (χ1n) is 5.15. The van der Waals surface area contributed by atoms with Crippen molar-refractivity contribution >= 4 is 50.1 Å². The molecular weight excluding hydrogens is 327 g/mol. The van der Waals surface area contributed by atoms with Gasteiger partial charge in [0.15, 0.2) is 5.17 Å². The van der Waals surface area contributed by atoms with Crippen LogP contribution in [-0.4, -0.2) is 17.5 Å². The van der Waals surface area contributed by atoms with E-state index < -0.39 is 0 Å². The van der Waals surface area contributed by atoms with E-state index >= 15 is 0 Å². The fourth-order valence-corrected chi connectivity index (χ4v) is 3.19. The van der Waals surface area contributed by atoms with Crippen LogP contribution < -0.4 is 5.32 Å². The van der Waals surface area contributed by atoms with Crippen LogP contribution >= 0.6 is 39.3 Å². The van der Waals surface area contributed by atoms with Gasteiger partial charge in [0.1, 0.15) is 5.82 Å². The fraction of sp³-hybridized carbons (Fsp3) is 0.364. The molecule has 1 N–H and O–H groups in total. The van der Waals surface area contributed by atoms with Crippen molar-refractivity contribution in [3.05, 3.63) is 27.4 Å². The van der Waals surface area contributed by atoms with Gasteiger partial charge in [0.25, 0.3) is 0 Å². The van der Waals surface area contributed by atoms with Crippen LogP contribution in [0.1, 0.15) is 6.92 Å². The quantitative estimate of drug-likeness (QED) is 0.822. The Morgan fingerprint density at radius 1 is 1.59 bits per heavy atom. The van der Waals surface area contributed by atoms with Crippen LogP contribution in [0.4, 0.5) is 10.1 Å². The highest BCUT2D eigenvalue weighted by molar-refractivity contribution is 9.10. The highest BCUT2D eigenvalue weighted by Gasteiger charge is 2.15.